The molecule has 1 aliphatic heterocycles. The van der Waals surface area contributed by atoms with E-state index in [2.05, 4.69) is 20.1 Å². The molecule has 0 radical (unpaired) electrons. The van der Waals surface area contributed by atoms with Crippen LogP contribution in [-0.4, -0.2) is 43.7 Å². The van der Waals surface area contributed by atoms with Gasteiger partial charge in [0.1, 0.15) is 23.7 Å². The van der Waals surface area contributed by atoms with Crippen molar-refractivity contribution in [3.05, 3.63) is 65.9 Å². The zero-order valence-electron chi connectivity index (χ0n) is 12.6. The molecule has 7 heteroatoms. The molecule has 0 aliphatic carbocycles. The summed E-state index contributed by atoms with van der Waals surface area (Å²) >= 11 is 0. The van der Waals surface area contributed by atoms with Crippen molar-refractivity contribution in [2.75, 3.05) is 6.54 Å². The van der Waals surface area contributed by atoms with Crippen molar-refractivity contribution in [1.82, 2.24) is 20.0 Å². The zero-order valence-corrected chi connectivity index (χ0v) is 12.6. The SMILES string of the molecule is N=C1C(c2nc3ccccc3[nH]2)=C(O)CN1/N=C\c1cccnc1. The number of amidine groups is 1. The van der Waals surface area contributed by atoms with Crippen LogP contribution in [-0.2, 0) is 0 Å². The van der Waals surface area contributed by atoms with Gasteiger partial charge in [0.15, 0.2) is 5.84 Å². The van der Waals surface area contributed by atoms with Gasteiger partial charge in [0.2, 0.25) is 0 Å². The van der Waals surface area contributed by atoms with Crippen LogP contribution in [0.3, 0.4) is 0 Å². The number of nitrogens with zero attached hydrogens (tertiary/aromatic N) is 4. The lowest BCUT2D eigenvalue weighted by Crippen LogP contribution is -2.21. The first-order valence-electron chi connectivity index (χ1n) is 7.40. The number of imidazole rings is 1. The second-order valence-corrected chi connectivity index (χ2v) is 5.36. The van der Waals surface area contributed by atoms with Crippen LogP contribution in [0.1, 0.15) is 11.4 Å². The first-order valence-corrected chi connectivity index (χ1v) is 7.40. The molecule has 1 aromatic carbocycles. The van der Waals surface area contributed by atoms with E-state index in [1.807, 2.05) is 36.4 Å². The minimum absolute atomic E-state index is 0.0717. The summed E-state index contributed by atoms with van der Waals surface area (Å²) in [6, 6.07) is 11.3. The van der Waals surface area contributed by atoms with Crippen LogP contribution in [0.25, 0.3) is 16.6 Å². The quantitative estimate of drug-likeness (QED) is 0.646. The van der Waals surface area contributed by atoms with Crippen LogP contribution < -0.4 is 0 Å². The summed E-state index contributed by atoms with van der Waals surface area (Å²) in [5.74, 6) is 0.645. The number of aliphatic hydroxyl groups excluding tert-OH is 1. The van der Waals surface area contributed by atoms with Crippen LogP contribution >= 0.6 is 0 Å². The van der Waals surface area contributed by atoms with Gasteiger partial charge >= 0.3 is 0 Å². The van der Waals surface area contributed by atoms with Crippen LogP contribution in [0.15, 0.2) is 59.7 Å². The number of hydrogen-bond acceptors (Lipinski definition) is 5. The maximum Gasteiger partial charge on any atom is 0.156 e. The number of hydrogen-bond donors (Lipinski definition) is 3. The van der Waals surface area contributed by atoms with Crippen LogP contribution in [0.2, 0.25) is 0 Å². The van der Waals surface area contributed by atoms with E-state index in [1.165, 1.54) is 5.01 Å². The van der Waals surface area contributed by atoms with Crippen LogP contribution in [0.4, 0.5) is 0 Å². The Labute approximate surface area is 137 Å². The van der Waals surface area contributed by atoms with Gasteiger partial charge in [0.25, 0.3) is 0 Å². The van der Waals surface area contributed by atoms with Crippen LogP contribution in [0, 0.1) is 5.41 Å². The van der Waals surface area contributed by atoms with Crippen molar-refractivity contribution >= 4 is 28.7 Å². The van der Waals surface area contributed by atoms with Gasteiger partial charge in [0.05, 0.1) is 17.2 Å². The van der Waals surface area contributed by atoms with Crippen molar-refractivity contribution in [3.8, 4) is 0 Å². The van der Waals surface area contributed by atoms with Gasteiger partial charge in [-0.2, -0.15) is 5.10 Å². The maximum atomic E-state index is 10.3. The third kappa shape index (κ3) is 2.41. The Morgan fingerprint density at radius 1 is 1.25 bits per heavy atom. The van der Waals surface area contributed by atoms with E-state index in [4.69, 9.17) is 5.41 Å². The van der Waals surface area contributed by atoms with E-state index in [0.717, 1.165) is 16.6 Å². The van der Waals surface area contributed by atoms with Gasteiger partial charge in [-0.1, -0.05) is 18.2 Å². The molecule has 0 bridgehead atoms. The Morgan fingerprint density at radius 3 is 2.92 bits per heavy atom. The van der Waals surface area contributed by atoms with Crippen molar-refractivity contribution in [1.29, 1.82) is 5.41 Å². The van der Waals surface area contributed by atoms with E-state index in [-0.39, 0.29) is 18.1 Å². The molecule has 0 unspecified atom stereocenters. The molecule has 118 valence electrons. The number of H-pyrrole nitrogens is 1. The number of pyridine rings is 1. The summed E-state index contributed by atoms with van der Waals surface area (Å²) in [6.45, 7) is 0.141. The standard InChI is InChI=1S/C17H14N6O/c18-16-15(17-21-12-5-1-2-6-13(12)22-17)14(24)10-23(16)20-9-11-4-3-7-19-8-11/h1-9,18,24H,10H2,(H,21,22)/b18-16?,20-9-. The van der Waals surface area contributed by atoms with Crippen molar-refractivity contribution in [3.63, 3.8) is 0 Å². The first-order chi connectivity index (χ1) is 11.7. The van der Waals surface area contributed by atoms with E-state index >= 15 is 0 Å². The van der Waals surface area contributed by atoms with Gasteiger partial charge in [-0.25, -0.2) is 9.99 Å². The molecule has 0 spiro atoms. The number of para-hydroxylation sites is 2. The Bertz CT molecular complexity index is 940. The number of benzene rings is 1. The normalized spacial score (nSPS) is 15.2. The van der Waals surface area contributed by atoms with E-state index < -0.39 is 0 Å². The smallest absolute Gasteiger partial charge is 0.156 e. The monoisotopic (exact) mass is 318 g/mol. The van der Waals surface area contributed by atoms with Crippen molar-refractivity contribution in [2.45, 2.75) is 0 Å². The molecule has 4 rings (SSSR count). The Hall–Kier alpha value is -3.48. The first kappa shape index (κ1) is 14.1. The minimum atomic E-state index is 0.0717. The van der Waals surface area contributed by atoms with Gasteiger partial charge in [-0.15, -0.1) is 0 Å². The summed E-state index contributed by atoms with van der Waals surface area (Å²) < 4.78 is 0. The lowest BCUT2D eigenvalue weighted by atomic mass is 10.2. The molecular weight excluding hydrogens is 304 g/mol. The third-order valence-corrected chi connectivity index (χ3v) is 3.74. The molecule has 3 N–H and O–H groups in total. The number of aliphatic hydroxyl groups is 1. The molecule has 2 aromatic heterocycles. The van der Waals surface area contributed by atoms with Gasteiger partial charge < -0.3 is 10.1 Å². The van der Waals surface area contributed by atoms with E-state index in [0.29, 0.717) is 11.4 Å². The summed E-state index contributed by atoms with van der Waals surface area (Å²) in [4.78, 5) is 11.6. The second kappa shape index (κ2) is 5.62. The summed E-state index contributed by atoms with van der Waals surface area (Å²) in [5, 5.41) is 24.2. The predicted octanol–water partition coefficient (Wildman–Crippen LogP) is 2.55. The molecule has 0 amide bonds. The number of aromatic amines is 1. The Balaban J connectivity index is 1.62. The third-order valence-electron chi connectivity index (χ3n) is 3.74. The lowest BCUT2D eigenvalue weighted by molar-refractivity contribution is 0.358. The number of fused-ring (bicyclic) bond motifs is 1. The highest BCUT2D eigenvalue weighted by molar-refractivity contribution is 6.23. The highest BCUT2D eigenvalue weighted by Gasteiger charge is 2.30. The fraction of sp³-hybridized carbons (Fsp3) is 0.0588. The molecule has 3 heterocycles. The summed E-state index contributed by atoms with van der Waals surface area (Å²) in [6.07, 6.45) is 4.97. The second-order valence-electron chi connectivity index (χ2n) is 5.36. The molecule has 0 atom stereocenters. The molecule has 0 saturated heterocycles. The maximum absolute atomic E-state index is 10.3. The molecule has 0 fully saturated rings. The predicted molar refractivity (Wildman–Crippen MR) is 91.9 cm³/mol. The largest absolute Gasteiger partial charge is 0.509 e. The highest BCUT2D eigenvalue weighted by Crippen LogP contribution is 2.27. The fourth-order valence-corrected chi connectivity index (χ4v) is 2.57. The minimum Gasteiger partial charge on any atom is -0.509 e. The summed E-state index contributed by atoms with van der Waals surface area (Å²) in [7, 11) is 0. The molecular formula is C17H14N6O. The van der Waals surface area contributed by atoms with Crippen molar-refractivity contribution in [2.24, 2.45) is 5.10 Å². The molecule has 0 saturated carbocycles. The number of aromatic nitrogens is 3. The van der Waals surface area contributed by atoms with Gasteiger partial charge in [-0.3, -0.25) is 10.4 Å². The Kier molecular flexibility index (Phi) is 3.31. The highest BCUT2D eigenvalue weighted by atomic mass is 16.3. The van der Waals surface area contributed by atoms with Crippen molar-refractivity contribution < 1.29 is 5.11 Å². The zero-order chi connectivity index (χ0) is 16.5. The number of rotatable bonds is 3. The fourth-order valence-electron chi connectivity index (χ4n) is 2.57. The summed E-state index contributed by atoms with van der Waals surface area (Å²) in [5.41, 5.74) is 2.84. The van der Waals surface area contributed by atoms with Gasteiger partial charge in [-0.05, 0) is 18.2 Å². The molecule has 1 aliphatic rings. The average Bonchev–Trinajstić information content (AvgIpc) is 3.14. The number of hydrazone groups is 1. The topological polar surface area (TPSA) is 101 Å². The molecule has 7 nitrogen and oxygen atoms in total. The number of nitrogens with one attached hydrogen (secondary N) is 2. The van der Waals surface area contributed by atoms with Crippen LogP contribution in [0.5, 0.6) is 0 Å². The average molecular weight is 318 g/mol. The molecule has 24 heavy (non-hydrogen) atoms. The Morgan fingerprint density at radius 2 is 2.12 bits per heavy atom. The van der Waals surface area contributed by atoms with E-state index in [9.17, 15) is 5.11 Å². The lowest BCUT2D eigenvalue weighted by Gasteiger charge is -2.10. The van der Waals surface area contributed by atoms with E-state index in [1.54, 1.807) is 18.6 Å². The van der Waals surface area contributed by atoms with Gasteiger partial charge in [0, 0.05) is 18.0 Å². The molecule has 3 aromatic rings.